The minimum absolute atomic E-state index is 0.138. The Labute approximate surface area is 97.6 Å². The lowest BCUT2D eigenvalue weighted by Crippen LogP contribution is -2.21. The summed E-state index contributed by atoms with van der Waals surface area (Å²) >= 11 is 0. The summed E-state index contributed by atoms with van der Waals surface area (Å²) in [7, 11) is 0. The zero-order valence-electron chi connectivity index (χ0n) is 10.3. The molecule has 0 aromatic heterocycles. The molecule has 1 rings (SSSR count). The van der Waals surface area contributed by atoms with Gasteiger partial charge in [-0.1, -0.05) is 44.2 Å². The van der Waals surface area contributed by atoms with Gasteiger partial charge in [0, 0.05) is 6.42 Å². The highest BCUT2D eigenvalue weighted by atomic mass is 16.5. The maximum atomic E-state index is 11.6. The number of Topliss-reactive ketones (excluding diaryl/α,β-unsaturated/α-hetero) is 1. The molecule has 0 aliphatic rings. The van der Waals surface area contributed by atoms with Gasteiger partial charge in [-0.05, 0) is 18.4 Å². The fourth-order valence-corrected chi connectivity index (χ4v) is 1.29. The van der Waals surface area contributed by atoms with E-state index in [0.29, 0.717) is 12.3 Å². The number of ketones is 1. The Morgan fingerprint density at radius 2 is 1.81 bits per heavy atom. The van der Waals surface area contributed by atoms with Gasteiger partial charge in [-0.25, -0.2) is 0 Å². The van der Waals surface area contributed by atoms with Gasteiger partial charge in [0.15, 0.2) is 5.78 Å². The highest BCUT2D eigenvalue weighted by Crippen LogP contribution is 2.06. The molecule has 2 heteroatoms. The number of rotatable bonds is 6. The summed E-state index contributed by atoms with van der Waals surface area (Å²) in [6, 6.07) is 9.76. The van der Waals surface area contributed by atoms with Gasteiger partial charge < -0.3 is 4.74 Å². The summed E-state index contributed by atoms with van der Waals surface area (Å²) in [5.41, 5.74) is 1.05. The first-order valence-electron chi connectivity index (χ1n) is 5.77. The molecule has 0 fully saturated rings. The molecule has 0 radical (unpaired) electrons. The first kappa shape index (κ1) is 12.9. The second-order valence-electron chi connectivity index (χ2n) is 4.46. The van der Waals surface area contributed by atoms with Crippen LogP contribution in [0.3, 0.4) is 0 Å². The molecule has 0 N–H and O–H groups in total. The molecule has 88 valence electrons. The monoisotopic (exact) mass is 220 g/mol. The standard InChI is InChI=1S/C14H20O2/c1-11(2)12(3)16-10-14(15)9-13-7-5-4-6-8-13/h4-8,11-12H,9-10H2,1-3H3. The molecule has 0 saturated carbocycles. The molecular formula is C14H20O2. The van der Waals surface area contributed by atoms with Crippen LogP contribution in [0.5, 0.6) is 0 Å². The van der Waals surface area contributed by atoms with Crippen LogP contribution < -0.4 is 0 Å². The van der Waals surface area contributed by atoms with E-state index in [0.717, 1.165) is 5.56 Å². The molecule has 16 heavy (non-hydrogen) atoms. The zero-order valence-corrected chi connectivity index (χ0v) is 10.3. The van der Waals surface area contributed by atoms with Crippen molar-refractivity contribution in [2.45, 2.75) is 33.3 Å². The van der Waals surface area contributed by atoms with Crippen LogP contribution in [0.1, 0.15) is 26.3 Å². The second-order valence-corrected chi connectivity index (χ2v) is 4.46. The van der Waals surface area contributed by atoms with Crippen molar-refractivity contribution >= 4 is 5.78 Å². The highest BCUT2D eigenvalue weighted by molar-refractivity contribution is 5.82. The molecule has 0 amide bonds. The van der Waals surface area contributed by atoms with E-state index in [1.54, 1.807) is 0 Å². The largest absolute Gasteiger partial charge is 0.370 e. The molecule has 0 bridgehead atoms. The quantitative estimate of drug-likeness (QED) is 0.737. The van der Waals surface area contributed by atoms with Gasteiger partial charge in [0.25, 0.3) is 0 Å². The molecule has 1 unspecified atom stereocenters. The first-order valence-corrected chi connectivity index (χ1v) is 5.77. The van der Waals surface area contributed by atoms with Crippen molar-refractivity contribution in [3.8, 4) is 0 Å². The third-order valence-corrected chi connectivity index (χ3v) is 2.69. The summed E-state index contributed by atoms with van der Waals surface area (Å²) in [5, 5.41) is 0. The van der Waals surface area contributed by atoms with E-state index in [9.17, 15) is 4.79 Å². The molecule has 0 spiro atoms. The van der Waals surface area contributed by atoms with Gasteiger partial charge in [-0.3, -0.25) is 4.79 Å². The second kappa shape index (κ2) is 6.44. The Balaban J connectivity index is 2.32. The van der Waals surface area contributed by atoms with Gasteiger partial charge >= 0.3 is 0 Å². The van der Waals surface area contributed by atoms with Gasteiger partial charge in [0.1, 0.15) is 6.61 Å². The van der Waals surface area contributed by atoms with E-state index >= 15 is 0 Å². The predicted molar refractivity (Wildman–Crippen MR) is 65.4 cm³/mol. The number of carbonyl (C=O) groups excluding carboxylic acids is 1. The van der Waals surface area contributed by atoms with E-state index in [1.807, 2.05) is 37.3 Å². The molecule has 1 aromatic rings. The van der Waals surface area contributed by atoms with Crippen LogP contribution in [-0.2, 0) is 16.0 Å². The van der Waals surface area contributed by atoms with Crippen LogP contribution in [0.25, 0.3) is 0 Å². The Morgan fingerprint density at radius 1 is 1.19 bits per heavy atom. The van der Waals surface area contributed by atoms with Crippen molar-refractivity contribution in [1.82, 2.24) is 0 Å². The Morgan fingerprint density at radius 3 is 2.38 bits per heavy atom. The lowest BCUT2D eigenvalue weighted by Gasteiger charge is -2.15. The number of benzene rings is 1. The lowest BCUT2D eigenvalue weighted by atomic mass is 10.1. The Hall–Kier alpha value is -1.15. The van der Waals surface area contributed by atoms with Crippen LogP contribution in [0, 0.1) is 5.92 Å². The van der Waals surface area contributed by atoms with Crippen molar-refractivity contribution in [1.29, 1.82) is 0 Å². The van der Waals surface area contributed by atoms with Gasteiger partial charge in [-0.15, -0.1) is 0 Å². The number of hydrogen-bond donors (Lipinski definition) is 0. The Kier molecular flexibility index (Phi) is 5.20. The van der Waals surface area contributed by atoms with Crippen LogP contribution in [0.15, 0.2) is 30.3 Å². The summed E-state index contributed by atoms with van der Waals surface area (Å²) in [4.78, 5) is 11.6. The summed E-state index contributed by atoms with van der Waals surface area (Å²) in [5.74, 6) is 0.586. The zero-order chi connectivity index (χ0) is 12.0. The van der Waals surface area contributed by atoms with Crippen molar-refractivity contribution in [3.05, 3.63) is 35.9 Å². The number of ether oxygens (including phenoxy) is 1. The highest BCUT2D eigenvalue weighted by Gasteiger charge is 2.10. The van der Waals surface area contributed by atoms with Crippen LogP contribution in [0.2, 0.25) is 0 Å². The van der Waals surface area contributed by atoms with E-state index in [4.69, 9.17) is 4.74 Å². The average Bonchev–Trinajstić information content (AvgIpc) is 2.27. The molecule has 0 aliphatic heterocycles. The van der Waals surface area contributed by atoms with E-state index in [1.165, 1.54) is 0 Å². The SMILES string of the molecule is CC(C)C(C)OCC(=O)Cc1ccccc1. The van der Waals surface area contributed by atoms with E-state index in [-0.39, 0.29) is 18.5 Å². The van der Waals surface area contributed by atoms with Gasteiger partial charge in [-0.2, -0.15) is 0 Å². The normalized spacial score (nSPS) is 12.8. The summed E-state index contributed by atoms with van der Waals surface area (Å²) in [6.07, 6.45) is 0.603. The molecule has 0 saturated heterocycles. The molecule has 1 aromatic carbocycles. The lowest BCUT2D eigenvalue weighted by molar-refractivity contribution is -0.125. The molecule has 0 aliphatic carbocycles. The van der Waals surface area contributed by atoms with Gasteiger partial charge in [0.05, 0.1) is 6.10 Å². The Bertz CT molecular complexity index is 317. The van der Waals surface area contributed by atoms with Crippen molar-refractivity contribution in [2.24, 2.45) is 5.92 Å². The first-order chi connectivity index (χ1) is 7.59. The fourth-order valence-electron chi connectivity index (χ4n) is 1.29. The molecular weight excluding hydrogens is 200 g/mol. The third kappa shape index (κ3) is 4.58. The predicted octanol–water partition coefficient (Wildman–Crippen LogP) is 2.86. The maximum absolute atomic E-state index is 11.6. The van der Waals surface area contributed by atoms with Gasteiger partial charge in [0.2, 0.25) is 0 Å². The smallest absolute Gasteiger partial charge is 0.162 e. The topological polar surface area (TPSA) is 26.3 Å². The van der Waals surface area contributed by atoms with Crippen molar-refractivity contribution < 1.29 is 9.53 Å². The summed E-state index contributed by atoms with van der Waals surface area (Å²) in [6.45, 7) is 6.40. The van der Waals surface area contributed by atoms with Crippen molar-refractivity contribution in [3.63, 3.8) is 0 Å². The molecule has 0 heterocycles. The van der Waals surface area contributed by atoms with Crippen LogP contribution >= 0.6 is 0 Å². The molecule has 1 atom stereocenters. The summed E-state index contributed by atoms with van der Waals surface area (Å²) < 4.78 is 5.49. The third-order valence-electron chi connectivity index (χ3n) is 2.69. The number of hydrogen-bond acceptors (Lipinski definition) is 2. The van der Waals surface area contributed by atoms with E-state index in [2.05, 4.69) is 13.8 Å². The fraction of sp³-hybridized carbons (Fsp3) is 0.500. The maximum Gasteiger partial charge on any atom is 0.162 e. The molecule has 2 nitrogen and oxygen atoms in total. The number of carbonyl (C=O) groups is 1. The minimum Gasteiger partial charge on any atom is -0.370 e. The minimum atomic E-state index is 0.138. The van der Waals surface area contributed by atoms with Crippen LogP contribution in [0.4, 0.5) is 0 Å². The van der Waals surface area contributed by atoms with E-state index < -0.39 is 0 Å². The van der Waals surface area contributed by atoms with Crippen molar-refractivity contribution in [2.75, 3.05) is 6.61 Å². The average molecular weight is 220 g/mol. The van der Waals surface area contributed by atoms with Crippen LogP contribution in [-0.4, -0.2) is 18.5 Å².